The molecule has 0 amide bonds. The van der Waals surface area contributed by atoms with E-state index in [2.05, 4.69) is 6.92 Å². The van der Waals surface area contributed by atoms with Gasteiger partial charge in [-0.2, -0.15) is 0 Å². The number of ether oxygens (including phenoxy) is 1. The zero-order valence-electron chi connectivity index (χ0n) is 14.2. The van der Waals surface area contributed by atoms with Crippen LogP contribution in [0.25, 0.3) is 21.9 Å². The Hall–Kier alpha value is -2.23. The van der Waals surface area contributed by atoms with Crippen molar-refractivity contribution < 1.29 is 13.6 Å². The first-order chi connectivity index (χ1) is 11.8. The van der Waals surface area contributed by atoms with Gasteiger partial charge in [-0.1, -0.05) is 45.4 Å². The largest absolute Gasteiger partial charge is 0.492 e. The summed E-state index contributed by atoms with van der Waals surface area (Å²) in [5, 5.41) is 1.73. The van der Waals surface area contributed by atoms with Gasteiger partial charge >= 0.3 is 5.63 Å². The van der Waals surface area contributed by atoms with Crippen LogP contribution >= 0.6 is 0 Å². The van der Waals surface area contributed by atoms with Crippen molar-refractivity contribution in [3.63, 3.8) is 0 Å². The Labute approximate surface area is 141 Å². The molecule has 0 unspecified atom stereocenters. The third-order valence-electron chi connectivity index (χ3n) is 4.30. The molecule has 2 heterocycles. The molecule has 0 aliphatic carbocycles. The van der Waals surface area contributed by atoms with Crippen LogP contribution in [-0.4, -0.2) is 6.61 Å². The molecule has 2 aromatic heterocycles. The van der Waals surface area contributed by atoms with Crippen molar-refractivity contribution >= 4 is 21.9 Å². The van der Waals surface area contributed by atoms with Gasteiger partial charge < -0.3 is 13.6 Å². The second kappa shape index (κ2) is 8.04. The predicted molar refractivity (Wildman–Crippen MR) is 95.7 cm³/mol. The van der Waals surface area contributed by atoms with Crippen LogP contribution in [0, 0.1) is 0 Å². The van der Waals surface area contributed by atoms with Crippen LogP contribution in [0.15, 0.2) is 44.2 Å². The van der Waals surface area contributed by atoms with E-state index in [1.165, 1.54) is 44.6 Å². The lowest BCUT2D eigenvalue weighted by Gasteiger charge is -2.10. The monoisotopic (exact) mass is 328 g/mol. The average Bonchev–Trinajstić information content (AvgIpc) is 3.04. The van der Waals surface area contributed by atoms with Gasteiger partial charge in [-0.15, -0.1) is 0 Å². The van der Waals surface area contributed by atoms with Crippen LogP contribution in [0.1, 0.15) is 51.9 Å². The van der Waals surface area contributed by atoms with Gasteiger partial charge in [-0.3, -0.25) is 0 Å². The number of hydrogen-bond donors (Lipinski definition) is 0. The van der Waals surface area contributed by atoms with Gasteiger partial charge in [-0.05, 0) is 18.6 Å². The van der Waals surface area contributed by atoms with Gasteiger partial charge in [0.2, 0.25) is 0 Å². The Bertz CT molecular complexity index is 844. The van der Waals surface area contributed by atoms with Crippen LogP contribution in [0.4, 0.5) is 0 Å². The fourth-order valence-corrected chi connectivity index (χ4v) is 3.00. The maximum absolute atomic E-state index is 11.4. The first-order valence-electron chi connectivity index (χ1n) is 8.86. The zero-order valence-corrected chi connectivity index (χ0v) is 14.2. The molecule has 4 heteroatoms. The molecule has 0 radical (unpaired) electrons. The molecule has 3 aromatic rings. The lowest BCUT2D eigenvalue weighted by atomic mass is 10.1. The summed E-state index contributed by atoms with van der Waals surface area (Å²) in [6.45, 7) is 2.89. The molecule has 0 atom stereocenters. The third-order valence-corrected chi connectivity index (χ3v) is 4.30. The zero-order chi connectivity index (χ0) is 16.8. The molecule has 0 aliphatic heterocycles. The predicted octanol–water partition coefficient (Wildman–Crippen LogP) is 5.67. The molecule has 3 rings (SSSR count). The lowest BCUT2D eigenvalue weighted by Crippen LogP contribution is -2.00. The summed E-state index contributed by atoms with van der Waals surface area (Å²) in [6.07, 6.45) is 10.3. The van der Waals surface area contributed by atoms with Gasteiger partial charge in [0.25, 0.3) is 0 Å². The molecule has 4 nitrogen and oxygen atoms in total. The molecule has 0 aliphatic rings. The summed E-state index contributed by atoms with van der Waals surface area (Å²) in [4.78, 5) is 11.4. The van der Waals surface area contributed by atoms with Crippen molar-refractivity contribution in [2.24, 2.45) is 0 Å². The average molecular weight is 328 g/mol. The van der Waals surface area contributed by atoms with Gasteiger partial charge in [0.05, 0.1) is 23.6 Å². The first-order valence-corrected chi connectivity index (χ1v) is 8.86. The summed E-state index contributed by atoms with van der Waals surface area (Å²) < 4.78 is 16.7. The second-order valence-electron chi connectivity index (χ2n) is 6.17. The standard InChI is InChI=1S/C20H24O4/c1-2-3-4-5-6-7-8-12-23-20-15-9-10-19(21)24-18(15)14-17-16(20)11-13-22-17/h9-11,13-14H,2-8,12H2,1H3. The fourth-order valence-electron chi connectivity index (χ4n) is 3.00. The smallest absolute Gasteiger partial charge is 0.336 e. The lowest BCUT2D eigenvalue weighted by molar-refractivity contribution is 0.310. The maximum atomic E-state index is 11.4. The van der Waals surface area contributed by atoms with Gasteiger partial charge in [0, 0.05) is 12.1 Å². The minimum absolute atomic E-state index is 0.369. The van der Waals surface area contributed by atoms with Crippen LogP contribution in [0.2, 0.25) is 0 Å². The van der Waals surface area contributed by atoms with Crippen LogP contribution < -0.4 is 10.4 Å². The van der Waals surface area contributed by atoms with E-state index in [0.717, 1.165) is 22.9 Å². The van der Waals surface area contributed by atoms with Gasteiger partial charge in [-0.25, -0.2) is 4.79 Å². The second-order valence-corrected chi connectivity index (χ2v) is 6.17. The fraction of sp³-hybridized carbons (Fsp3) is 0.450. The van der Waals surface area contributed by atoms with Crippen molar-refractivity contribution in [2.45, 2.75) is 51.9 Å². The van der Waals surface area contributed by atoms with E-state index in [9.17, 15) is 4.79 Å². The molecule has 24 heavy (non-hydrogen) atoms. The van der Waals surface area contributed by atoms with Gasteiger partial charge in [0.1, 0.15) is 16.9 Å². The number of hydrogen-bond acceptors (Lipinski definition) is 4. The third kappa shape index (κ3) is 3.81. The van der Waals surface area contributed by atoms with E-state index in [1.54, 1.807) is 18.4 Å². The topological polar surface area (TPSA) is 52.6 Å². The van der Waals surface area contributed by atoms with E-state index in [4.69, 9.17) is 13.6 Å². The highest BCUT2D eigenvalue weighted by Gasteiger charge is 2.13. The van der Waals surface area contributed by atoms with E-state index in [-0.39, 0.29) is 5.63 Å². The molecule has 0 saturated heterocycles. The van der Waals surface area contributed by atoms with E-state index in [1.807, 2.05) is 6.07 Å². The summed E-state index contributed by atoms with van der Waals surface area (Å²) in [5.74, 6) is 0.742. The minimum Gasteiger partial charge on any atom is -0.492 e. The van der Waals surface area contributed by atoms with Crippen molar-refractivity contribution in [2.75, 3.05) is 6.61 Å². The molecule has 0 fully saturated rings. The van der Waals surface area contributed by atoms with E-state index in [0.29, 0.717) is 17.8 Å². The van der Waals surface area contributed by atoms with E-state index < -0.39 is 0 Å². The highest BCUT2D eigenvalue weighted by atomic mass is 16.5. The molecule has 1 aromatic carbocycles. The molecule has 128 valence electrons. The molecule has 0 spiro atoms. The molecular formula is C20H24O4. The van der Waals surface area contributed by atoms with Crippen molar-refractivity contribution in [1.82, 2.24) is 0 Å². The Morgan fingerprint density at radius 2 is 1.67 bits per heavy atom. The van der Waals surface area contributed by atoms with E-state index >= 15 is 0 Å². The van der Waals surface area contributed by atoms with Crippen molar-refractivity contribution in [1.29, 1.82) is 0 Å². The number of fused-ring (bicyclic) bond motifs is 2. The maximum Gasteiger partial charge on any atom is 0.336 e. The van der Waals surface area contributed by atoms with Gasteiger partial charge in [0.15, 0.2) is 0 Å². The quantitative estimate of drug-likeness (QED) is 0.375. The Morgan fingerprint density at radius 1 is 0.917 bits per heavy atom. The Kier molecular flexibility index (Phi) is 5.57. The Balaban J connectivity index is 1.66. The summed E-state index contributed by atoms with van der Waals surface area (Å²) in [7, 11) is 0. The molecule has 0 saturated carbocycles. The number of rotatable bonds is 9. The SMILES string of the molecule is CCCCCCCCCOc1c2ccoc2cc2oc(=O)ccc12. The number of benzene rings is 1. The van der Waals surface area contributed by atoms with Crippen molar-refractivity contribution in [3.8, 4) is 5.75 Å². The summed E-state index contributed by atoms with van der Waals surface area (Å²) >= 11 is 0. The van der Waals surface area contributed by atoms with Crippen LogP contribution in [-0.2, 0) is 0 Å². The van der Waals surface area contributed by atoms with Crippen LogP contribution in [0.3, 0.4) is 0 Å². The van der Waals surface area contributed by atoms with Crippen molar-refractivity contribution in [3.05, 3.63) is 40.9 Å². The first kappa shape index (κ1) is 16.6. The summed E-state index contributed by atoms with van der Waals surface area (Å²) in [5.41, 5.74) is 0.803. The summed E-state index contributed by atoms with van der Waals surface area (Å²) in [6, 6.07) is 6.81. The molecule has 0 N–H and O–H groups in total. The highest BCUT2D eigenvalue weighted by Crippen LogP contribution is 2.35. The minimum atomic E-state index is -0.369. The molecule has 0 bridgehead atoms. The Morgan fingerprint density at radius 3 is 2.50 bits per heavy atom. The van der Waals surface area contributed by atoms with Crippen LogP contribution in [0.5, 0.6) is 5.75 Å². The number of unbranched alkanes of at least 4 members (excludes halogenated alkanes) is 6. The highest BCUT2D eigenvalue weighted by molar-refractivity contribution is 6.01. The normalized spacial score (nSPS) is 11.4. The molecular weight excluding hydrogens is 304 g/mol. The number of furan rings is 1.